The van der Waals surface area contributed by atoms with Crippen LogP contribution in [0.4, 0.5) is 0 Å². The van der Waals surface area contributed by atoms with Crippen LogP contribution in [0.1, 0.15) is 94.1 Å². The molecule has 1 aromatic carbocycles. The van der Waals surface area contributed by atoms with Gasteiger partial charge in [-0.25, -0.2) is 0 Å². The zero-order valence-electron chi connectivity index (χ0n) is 29.2. The topological polar surface area (TPSA) is 66.4 Å². The van der Waals surface area contributed by atoms with Gasteiger partial charge in [-0.2, -0.15) is 0 Å². The van der Waals surface area contributed by atoms with E-state index < -0.39 is 22.7 Å². The molecule has 1 N–H and O–H groups in total. The van der Waals surface area contributed by atoms with E-state index in [9.17, 15) is 5.11 Å². The first-order valence-electron chi connectivity index (χ1n) is 17.0. The first-order valence-corrected chi connectivity index (χ1v) is 21.7. The summed E-state index contributed by atoms with van der Waals surface area (Å²) >= 11 is 0. The predicted molar refractivity (Wildman–Crippen MR) is 184 cm³/mol. The summed E-state index contributed by atoms with van der Waals surface area (Å²) in [6.45, 7) is 23.8. The highest BCUT2D eigenvalue weighted by Gasteiger charge is 2.48. The van der Waals surface area contributed by atoms with Gasteiger partial charge in [0, 0.05) is 0 Å². The lowest BCUT2D eigenvalue weighted by atomic mass is 10.0. The van der Waals surface area contributed by atoms with Gasteiger partial charge in [-0.15, -0.1) is 0 Å². The molecule has 0 saturated heterocycles. The van der Waals surface area contributed by atoms with E-state index in [0.717, 1.165) is 42.3 Å². The number of ether oxygens (including phenoxy) is 3. The average molecular weight is 637 g/mol. The Morgan fingerprint density at radius 3 is 1.93 bits per heavy atom. The van der Waals surface area contributed by atoms with E-state index in [4.69, 9.17) is 23.1 Å². The minimum absolute atomic E-state index is 0.0766. The van der Waals surface area contributed by atoms with Crippen molar-refractivity contribution in [1.29, 1.82) is 0 Å². The van der Waals surface area contributed by atoms with E-state index in [2.05, 4.69) is 69.2 Å². The van der Waals surface area contributed by atoms with E-state index in [0.29, 0.717) is 36.3 Å². The second kappa shape index (κ2) is 18.2. The molecule has 0 amide bonds. The van der Waals surface area contributed by atoms with Crippen molar-refractivity contribution in [2.24, 2.45) is 0 Å². The Morgan fingerprint density at radius 2 is 1.44 bits per heavy atom. The number of methoxy groups -OCH3 is 1. The quantitative estimate of drug-likeness (QED) is 0.136. The second-order valence-corrected chi connectivity index (χ2v) is 23.4. The number of aliphatic hydroxyl groups is 1. The lowest BCUT2D eigenvalue weighted by Gasteiger charge is -2.46. The molecule has 2 rings (SSSR count). The van der Waals surface area contributed by atoms with Gasteiger partial charge in [0.2, 0.25) is 8.32 Å². The van der Waals surface area contributed by atoms with Crippen molar-refractivity contribution in [2.75, 3.05) is 13.7 Å². The Kier molecular flexibility index (Phi) is 16.2. The highest BCUT2D eigenvalue weighted by Crippen LogP contribution is 2.44. The molecule has 5 atom stereocenters. The number of rotatable bonds is 17. The molecule has 0 unspecified atom stereocenters. The lowest BCUT2D eigenvalue weighted by molar-refractivity contribution is -0.109. The van der Waals surface area contributed by atoms with Gasteiger partial charge in [0.1, 0.15) is 11.9 Å². The predicted octanol–water partition coefficient (Wildman–Crippen LogP) is 9.04. The van der Waals surface area contributed by atoms with Gasteiger partial charge >= 0.3 is 0 Å². The highest BCUT2D eigenvalue weighted by molar-refractivity contribution is 6.77. The fraction of sp³-hybridized carbons (Fsp3) is 0.771. The van der Waals surface area contributed by atoms with Crippen LogP contribution in [0.25, 0.3) is 0 Å². The van der Waals surface area contributed by atoms with Gasteiger partial charge in [-0.05, 0) is 71.7 Å². The number of hydrogen-bond donors (Lipinski definition) is 1. The Morgan fingerprint density at radius 1 is 0.860 bits per heavy atom. The number of benzene rings is 1. The molecule has 0 radical (unpaired) electrons. The van der Waals surface area contributed by atoms with Crippen molar-refractivity contribution in [3.05, 3.63) is 42.0 Å². The number of aliphatic hydroxyl groups excluding tert-OH is 1. The van der Waals surface area contributed by atoms with Gasteiger partial charge in [0.25, 0.3) is 0 Å². The summed E-state index contributed by atoms with van der Waals surface area (Å²) in [4.78, 5) is 0. The van der Waals surface area contributed by atoms with Crippen molar-refractivity contribution in [2.45, 2.75) is 160 Å². The third-order valence-electron chi connectivity index (χ3n) is 9.89. The largest absolute Gasteiger partial charge is 0.497 e. The zero-order chi connectivity index (χ0) is 32.2. The summed E-state index contributed by atoms with van der Waals surface area (Å²) in [5.41, 5.74) is 2.51. The molecular weight excluding hydrogens is 573 g/mol. The normalized spacial score (nSPS) is 23.7. The Balaban J connectivity index is 2.42. The molecule has 0 aromatic heterocycles. The summed E-state index contributed by atoms with van der Waals surface area (Å²) in [7, 11) is -2.48. The minimum Gasteiger partial charge on any atom is -0.497 e. The third kappa shape index (κ3) is 10.2. The minimum atomic E-state index is -2.16. The van der Waals surface area contributed by atoms with E-state index in [1.807, 2.05) is 36.4 Å². The van der Waals surface area contributed by atoms with Crippen LogP contribution in [0, 0.1) is 0 Å². The SMILES string of the molecule is CC[C@H]1O[C@@H]([C@@H](COCc2ccc(OC)cc2)O[Si](CC)(CC)CC)/C=C\[C@@H](O)CC[C@@H]1O[Si](C(C)C)(C(C)C)C(C)C. The molecule has 1 aromatic rings. The van der Waals surface area contributed by atoms with Crippen LogP contribution in [0.3, 0.4) is 0 Å². The maximum absolute atomic E-state index is 11.0. The maximum Gasteiger partial charge on any atom is 0.200 e. The van der Waals surface area contributed by atoms with Crippen LogP contribution in [0.15, 0.2) is 36.4 Å². The monoisotopic (exact) mass is 636 g/mol. The molecule has 0 bridgehead atoms. The van der Waals surface area contributed by atoms with Crippen LogP contribution in [-0.4, -0.2) is 66.0 Å². The lowest BCUT2D eigenvalue weighted by Crippen LogP contribution is -2.53. The number of hydrogen-bond acceptors (Lipinski definition) is 6. The Hall–Kier alpha value is -1.01. The molecule has 8 heteroatoms. The van der Waals surface area contributed by atoms with Crippen LogP contribution in [0.2, 0.25) is 34.8 Å². The maximum atomic E-state index is 11.0. The van der Waals surface area contributed by atoms with E-state index in [1.54, 1.807) is 7.11 Å². The van der Waals surface area contributed by atoms with Crippen LogP contribution in [0.5, 0.6) is 5.75 Å². The first-order chi connectivity index (χ1) is 20.4. The first kappa shape index (κ1) is 38.2. The van der Waals surface area contributed by atoms with Gasteiger partial charge in [0.15, 0.2) is 8.32 Å². The van der Waals surface area contributed by atoms with Crippen LogP contribution in [-0.2, 0) is 24.9 Å². The van der Waals surface area contributed by atoms with Crippen molar-refractivity contribution >= 4 is 16.6 Å². The molecule has 0 saturated carbocycles. The molecule has 0 fully saturated rings. The summed E-state index contributed by atoms with van der Waals surface area (Å²) in [5, 5.41) is 11.0. The smallest absolute Gasteiger partial charge is 0.200 e. The van der Waals surface area contributed by atoms with Gasteiger partial charge in [-0.3, -0.25) is 0 Å². The second-order valence-electron chi connectivity index (χ2n) is 13.3. The molecule has 6 nitrogen and oxygen atoms in total. The highest BCUT2D eigenvalue weighted by atomic mass is 28.4. The van der Waals surface area contributed by atoms with Crippen molar-refractivity contribution in [3.63, 3.8) is 0 Å². The zero-order valence-corrected chi connectivity index (χ0v) is 31.2. The summed E-state index contributed by atoms with van der Waals surface area (Å²) in [6.07, 6.45) is 4.86. The Bertz CT molecular complexity index is 901. The van der Waals surface area contributed by atoms with Gasteiger partial charge in [0.05, 0.1) is 44.7 Å². The summed E-state index contributed by atoms with van der Waals surface area (Å²) in [6, 6.07) is 11.1. The molecule has 1 aliphatic heterocycles. The molecular formula is C35H64O6Si2. The third-order valence-corrected chi connectivity index (χ3v) is 20.7. The molecule has 0 aliphatic carbocycles. The molecule has 1 heterocycles. The molecule has 0 spiro atoms. The molecule has 1 aliphatic rings. The van der Waals surface area contributed by atoms with Crippen LogP contribution < -0.4 is 4.74 Å². The fourth-order valence-corrected chi connectivity index (χ4v) is 15.6. The van der Waals surface area contributed by atoms with Gasteiger partial charge < -0.3 is 28.2 Å². The molecule has 248 valence electrons. The standard InChI is InChI=1S/C35H64O6Si2/c1-12-32-34(41-43(26(5)6,27(7)8)28(9)10)23-19-30(36)18-22-33(39-32)35(40-42(13-2,14-3)15-4)25-38-24-29-16-20-31(37-11)21-17-29/h16-18,20-22,26-28,30,32-36H,12-15,19,23-25H2,1-11H3/b22-18-/t30-,32-,33-,34+,35-/m1/s1. The van der Waals surface area contributed by atoms with E-state index in [1.165, 1.54) is 0 Å². The van der Waals surface area contributed by atoms with Crippen molar-refractivity contribution in [3.8, 4) is 5.75 Å². The van der Waals surface area contributed by atoms with E-state index in [-0.39, 0.29) is 24.4 Å². The Labute approximate surface area is 266 Å². The molecule has 43 heavy (non-hydrogen) atoms. The van der Waals surface area contributed by atoms with Crippen molar-refractivity contribution < 1.29 is 28.2 Å². The fourth-order valence-electron chi connectivity index (χ4n) is 7.10. The summed E-state index contributed by atoms with van der Waals surface area (Å²) < 4.78 is 33.2. The summed E-state index contributed by atoms with van der Waals surface area (Å²) in [5.74, 6) is 0.833. The van der Waals surface area contributed by atoms with Crippen LogP contribution >= 0.6 is 0 Å². The van der Waals surface area contributed by atoms with Crippen molar-refractivity contribution in [1.82, 2.24) is 0 Å². The van der Waals surface area contributed by atoms with Gasteiger partial charge in [-0.1, -0.05) is 93.5 Å². The van der Waals surface area contributed by atoms with E-state index >= 15 is 0 Å². The average Bonchev–Trinajstić information content (AvgIpc) is 3.06.